The number of anilines is 3. The normalized spacial score (nSPS) is 12.8. The summed E-state index contributed by atoms with van der Waals surface area (Å²) in [6.45, 7) is 0. The Morgan fingerprint density at radius 1 is 0.469 bits per heavy atom. The topological polar surface area (TPSA) is 3.24 Å². The highest BCUT2D eigenvalue weighted by atomic mass is 32.2. The summed E-state index contributed by atoms with van der Waals surface area (Å²) < 4.78 is 0. The van der Waals surface area contributed by atoms with E-state index in [1.807, 2.05) is 11.8 Å². The van der Waals surface area contributed by atoms with E-state index in [4.69, 9.17) is 0 Å². The number of nitrogens with zero attached hydrogens (tertiary/aromatic N) is 1. The zero-order valence-corrected chi connectivity index (χ0v) is 18.1. The van der Waals surface area contributed by atoms with E-state index >= 15 is 0 Å². The highest BCUT2D eigenvalue weighted by Crippen LogP contribution is 2.51. The lowest BCUT2D eigenvalue weighted by atomic mass is 9.96. The minimum absolute atomic E-state index is 1.19. The van der Waals surface area contributed by atoms with Crippen LogP contribution in [-0.4, -0.2) is 0 Å². The van der Waals surface area contributed by atoms with Gasteiger partial charge in [0, 0.05) is 15.5 Å². The van der Waals surface area contributed by atoms with Crippen molar-refractivity contribution in [2.24, 2.45) is 0 Å². The number of rotatable bonds is 1. The molecular weight excluding hydrogens is 406 g/mol. The van der Waals surface area contributed by atoms with Gasteiger partial charge in [-0.25, -0.2) is 0 Å². The number of hydrogen-bond acceptors (Lipinski definition) is 2. The number of benzene rings is 6. The van der Waals surface area contributed by atoms with Crippen molar-refractivity contribution in [3.63, 3.8) is 0 Å². The fraction of sp³-hybridized carbons (Fsp3) is 0. The van der Waals surface area contributed by atoms with Gasteiger partial charge in [-0.15, -0.1) is 0 Å². The molecule has 6 aromatic rings. The van der Waals surface area contributed by atoms with Crippen LogP contribution in [0, 0.1) is 0 Å². The summed E-state index contributed by atoms with van der Waals surface area (Å²) in [4.78, 5) is 4.98. The molecule has 6 aromatic carbocycles. The number of para-hydroxylation sites is 2. The molecule has 1 heterocycles. The van der Waals surface area contributed by atoms with Crippen LogP contribution in [-0.2, 0) is 0 Å². The first-order valence-corrected chi connectivity index (χ1v) is 11.7. The summed E-state index contributed by atoms with van der Waals surface area (Å²) in [5, 5.41) is 7.76. The average Bonchev–Trinajstić information content (AvgIpc) is 2.86. The molecule has 1 aliphatic rings. The Balaban J connectivity index is 1.56. The zero-order chi connectivity index (χ0) is 21.1. The van der Waals surface area contributed by atoms with Gasteiger partial charge in [-0.05, 0) is 68.7 Å². The van der Waals surface area contributed by atoms with Gasteiger partial charge < -0.3 is 4.90 Å². The second-order valence-electron chi connectivity index (χ2n) is 8.23. The fourth-order valence-electron chi connectivity index (χ4n) is 4.94. The maximum absolute atomic E-state index is 2.41. The van der Waals surface area contributed by atoms with Gasteiger partial charge in [0.1, 0.15) is 0 Å². The highest BCUT2D eigenvalue weighted by molar-refractivity contribution is 7.99. The van der Waals surface area contributed by atoms with Crippen molar-refractivity contribution in [1.29, 1.82) is 0 Å². The molecular formula is C30H19NS. The van der Waals surface area contributed by atoms with E-state index in [0.717, 1.165) is 0 Å². The maximum atomic E-state index is 2.41. The highest BCUT2D eigenvalue weighted by Gasteiger charge is 2.24. The molecule has 0 atom stereocenters. The van der Waals surface area contributed by atoms with E-state index in [0.29, 0.717) is 0 Å². The molecule has 0 amide bonds. The molecule has 150 valence electrons. The minimum atomic E-state index is 1.19. The summed E-state index contributed by atoms with van der Waals surface area (Å²) in [6, 6.07) is 41.9. The van der Waals surface area contributed by atoms with Crippen LogP contribution in [0.15, 0.2) is 125 Å². The van der Waals surface area contributed by atoms with Crippen molar-refractivity contribution in [3.8, 4) is 0 Å². The first-order chi connectivity index (χ1) is 15.9. The molecule has 0 N–H and O–H groups in total. The van der Waals surface area contributed by atoms with Crippen LogP contribution in [0.5, 0.6) is 0 Å². The van der Waals surface area contributed by atoms with Crippen molar-refractivity contribution in [2.45, 2.75) is 9.79 Å². The van der Waals surface area contributed by atoms with E-state index in [2.05, 4.69) is 120 Å². The summed E-state index contributed by atoms with van der Waals surface area (Å²) >= 11 is 1.85. The van der Waals surface area contributed by atoms with Crippen molar-refractivity contribution in [2.75, 3.05) is 4.90 Å². The van der Waals surface area contributed by atoms with Crippen LogP contribution in [0.1, 0.15) is 0 Å². The molecule has 0 aromatic heterocycles. The van der Waals surface area contributed by atoms with Gasteiger partial charge in [-0.1, -0.05) is 90.6 Å². The molecule has 0 saturated carbocycles. The Labute approximate surface area is 190 Å². The Morgan fingerprint density at radius 2 is 1.03 bits per heavy atom. The molecule has 1 aliphatic heterocycles. The van der Waals surface area contributed by atoms with Gasteiger partial charge >= 0.3 is 0 Å². The third-order valence-corrected chi connectivity index (χ3v) is 7.53. The molecule has 0 fully saturated rings. The van der Waals surface area contributed by atoms with Crippen LogP contribution in [0.3, 0.4) is 0 Å². The van der Waals surface area contributed by atoms with Gasteiger partial charge in [-0.2, -0.15) is 0 Å². The van der Waals surface area contributed by atoms with Gasteiger partial charge in [0.25, 0.3) is 0 Å². The summed E-state index contributed by atoms with van der Waals surface area (Å²) in [7, 11) is 0. The first kappa shape index (κ1) is 17.9. The van der Waals surface area contributed by atoms with E-state index in [9.17, 15) is 0 Å². The molecule has 1 nitrogen and oxygen atoms in total. The average molecular weight is 426 g/mol. The van der Waals surface area contributed by atoms with Crippen LogP contribution >= 0.6 is 11.8 Å². The van der Waals surface area contributed by atoms with Gasteiger partial charge in [0.2, 0.25) is 0 Å². The molecule has 0 aliphatic carbocycles. The predicted octanol–water partition coefficient (Wildman–Crippen LogP) is 9.08. The van der Waals surface area contributed by atoms with Gasteiger partial charge in [0.05, 0.1) is 11.4 Å². The van der Waals surface area contributed by atoms with Crippen LogP contribution in [0.2, 0.25) is 0 Å². The summed E-state index contributed by atoms with van der Waals surface area (Å²) in [5.41, 5.74) is 3.67. The Hall–Kier alpha value is -3.75. The molecule has 32 heavy (non-hydrogen) atoms. The number of hydrogen-bond donors (Lipinski definition) is 0. The van der Waals surface area contributed by atoms with Crippen LogP contribution in [0.4, 0.5) is 17.1 Å². The van der Waals surface area contributed by atoms with E-state index < -0.39 is 0 Å². The lowest BCUT2D eigenvalue weighted by Crippen LogP contribution is -2.14. The third-order valence-electron chi connectivity index (χ3n) is 6.40. The summed E-state index contributed by atoms with van der Waals surface area (Å²) in [5.74, 6) is 0. The molecule has 0 unspecified atom stereocenters. The van der Waals surface area contributed by atoms with Gasteiger partial charge in [-0.3, -0.25) is 0 Å². The Bertz CT molecular complexity index is 1620. The lowest BCUT2D eigenvalue weighted by Gasteiger charge is -2.33. The van der Waals surface area contributed by atoms with Crippen LogP contribution in [0.25, 0.3) is 32.3 Å². The standard InChI is InChI=1S/C30H19NS/c1-2-8-24-20(7-1)13-15-22-16-14-21-17-18-23(19-25(21)30(22)24)31-26-9-3-5-11-28(26)32-29-12-6-4-10-27(29)31/h1-19H. The largest absolute Gasteiger partial charge is 0.308 e. The monoisotopic (exact) mass is 425 g/mol. The molecule has 2 heteroatoms. The van der Waals surface area contributed by atoms with Crippen molar-refractivity contribution in [3.05, 3.63) is 115 Å². The maximum Gasteiger partial charge on any atom is 0.0601 e. The molecule has 0 radical (unpaired) electrons. The SMILES string of the molecule is c1ccc2c(c1)Sc1ccccc1N2c1ccc2ccc3ccc4ccccc4c3c2c1. The zero-order valence-electron chi connectivity index (χ0n) is 17.3. The quantitative estimate of drug-likeness (QED) is 0.241. The fourth-order valence-corrected chi connectivity index (χ4v) is 5.99. The molecule has 7 rings (SSSR count). The third kappa shape index (κ3) is 2.60. The summed E-state index contributed by atoms with van der Waals surface area (Å²) in [6.07, 6.45) is 0. The second kappa shape index (κ2) is 6.88. The molecule has 0 saturated heterocycles. The van der Waals surface area contributed by atoms with E-state index in [1.165, 1.54) is 59.2 Å². The van der Waals surface area contributed by atoms with Crippen molar-refractivity contribution in [1.82, 2.24) is 0 Å². The molecule has 0 bridgehead atoms. The lowest BCUT2D eigenvalue weighted by molar-refractivity contribution is 1.17. The molecule has 0 spiro atoms. The smallest absolute Gasteiger partial charge is 0.0601 e. The number of fused-ring (bicyclic) bond motifs is 7. The van der Waals surface area contributed by atoms with E-state index in [1.54, 1.807) is 0 Å². The predicted molar refractivity (Wildman–Crippen MR) is 138 cm³/mol. The second-order valence-corrected chi connectivity index (χ2v) is 9.31. The first-order valence-electron chi connectivity index (χ1n) is 10.9. The van der Waals surface area contributed by atoms with Crippen molar-refractivity contribution < 1.29 is 0 Å². The van der Waals surface area contributed by atoms with Gasteiger partial charge in [0.15, 0.2) is 0 Å². The van der Waals surface area contributed by atoms with Crippen LogP contribution < -0.4 is 4.90 Å². The minimum Gasteiger partial charge on any atom is -0.308 e. The Morgan fingerprint density at radius 3 is 1.78 bits per heavy atom. The van der Waals surface area contributed by atoms with E-state index in [-0.39, 0.29) is 0 Å². The Kier molecular flexibility index (Phi) is 3.84. The van der Waals surface area contributed by atoms with Crippen molar-refractivity contribution >= 4 is 61.1 Å².